The molecule has 2 aliphatic heterocycles. The van der Waals surface area contributed by atoms with E-state index in [2.05, 4.69) is 29.2 Å². The Labute approximate surface area is 192 Å². The van der Waals surface area contributed by atoms with Crippen LogP contribution in [-0.4, -0.2) is 52.0 Å². The Morgan fingerprint density at radius 3 is 2.53 bits per heavy atom. The average Bonchev–Trinajstić information content (AvgIpc) is 3.22. The van der Waals surface area contributed by atoms with Crippen LogP contribution in [0, 0.1) is 5.92 Å². The van der Waals surface area contributed by atoms with Crippen molar-refractivity contribution >= 4 is 0 Å². The van der Waals surface area contributed by atoms with Crippen LogP contribution in [0.3, 0.4) is 0 Å². The molecule has 0 N–H and O–H groups in total. The van der Waals surface area contributed by atoms with Crippen LogP contribution in [0.15, 0.2) is 36.4 Å². The SMILES string of the molecule is COc1cccc(-c2ccc(OCCC3CCOC3)c(CN3CCCCCC3)c2)c1OC. The lowest BCUT2D eigenvalue weighted by atomic mass is 10.0. The second-order valence-electron chi connectivity index (χ2n) is 8.92. The largest absolute Gasteiger partial charge is 0.493 e. The standard InChI is InChI=1S/C27H37NO4/c1-29-26-9-7-8-24(27(26)30-2)22-10-11-25(32-17-13-21-12-16-31-20-21)23(18-22)19-28-14-5-3-4-6-15-28/h7-11,18,21H,3-6,12-17,19-20H2,1-2H3. The van der Waals surface area contributed by atoms with E-state index in [1.165, 1.54) is 31.2 Å². The summed E-state index contributed by atoms with van der Waals surface area (Å²) >= 11 is 0. The van der Waals surface area contributed by atoms with Crippen molar-refractivity contribution in [1.82, 2.24) is 4.90 Å². The summed E-state index contributed by atoms with van der Waals surface area (Å²) in [5.41, 5.74) is 3.41. The minimum Gasteiger partial charge on any atom is -0.493 e. The van der Waals surface area contributed by atoms with Gasteiger partial charge in [-0.05, 0) is 68.5 Å². The Bertz CT molecular complexity index is 855. The fraction of sp³-hybridized carbons (Fsp3) is 0.556. The third kappa shape index (κ3) is 5.76. The monoisotopic (exact) mass is 439 g/mol. The van der Waals surface area contributed by atoms with Gasteiger partial charge in [-0.25, -0.2) is 0 Å². The smallest absolute Gasteiger partial charge is 0.168 e. The van der Waals surface area contributed by atoms with Crippen LogP contribution in [0.25, 0.3) is 11.1 Å². The van der Waals surface area contributed by atoms with Gasteiger partial charge in [-0.15, -0.1) is 0 Å². The summed E-state index contributed by atoms with van der Waals surface area (Å²) in [5.74, 6) is 3.15. The van der Waals surface area contributed by atoms with Crippen molar-refractivity contribution in [2.24, 2.45) is 5.92 Å². The third-order valence-corrected chi connectivity index (χ3v) is 6.67. The summed E-state index contributed by atoms with van der Waals surface area (Å²) in [6, 6.07) is 12.6. The normalized spacial score (nSPS) is 19.5. The molecule has 5 nitrogen and oxygen atoms in total. The van der Waals surface area contributed by atoms with E-state index in [0.717, 1.165) is 80.7 Å². The van der Waals surface area contributed by atoms with E-state index in [0.29, 0.717) is 5.92 Å². The highest BCUT2D eigenvalue weighted by Crippen LogP contribution is 2.39. The summed E-state index contributed by atoms with van der Waals surface area (Å²) in [6.45, 7) is 5.74. The number of hydrogen-bond acceptors (Lipinski definition) is 5. The van der Waals surface area contributed by atoms with Crippen molar-refractivity contribution < 1.29 is 18.9 Å². The topological polar surface area (TPSA) is 40.2 Å². The van der Waals surface area contributed by atoms with E-state index >= 15 is 0 Å². The molecular formula is C27H37NO4. The molecule has 2 fully saturated rings. The third-order valence-electron chi connectivity index (χ3n) is 6.67. The quantitative estimate of drug-likeness (QED) is 0.512. The number of nitrogens with zero attached hydrogens (tertiary/aromatic N) is 1. The lowest BCUT2D eigenvalue weighted by Crippen LogP contribution is -2.24. The zero-order valence-corrected chi connectivity index (χ0v) is 19.6. The van der Waals surface area contributed by atoms with Gasteiger partial charge in [0.15, 0.2) is 11.5 Å². The second kappa shape index (κ2) is 11.6. The van der Waals surface area contributed by atoms with E-state index in [4.69, 9.17) is 18.9 Å². The predicted molar refractivity (Wildman–Crippen MR) is 128 cm³/mol. The van der Waals surface area contributed by atoms with Crippen LogP contribution >= 0.6 is 0 Å². The highest BCUT2D eigenvalue weighted by atomic mass is 16.5. The van der Waals surface area contributed by atoms with E-state index < -0.39 is 0 Å². The zero-order chi connectivity index (χ0) is 22.2. The van der Waals surface area contributed by atoms with E-state index in [1.54, 1.807) is 14.2 Å². The van der Waals surface area contributed by atoms with Gasteiger partial charge < -0.3 is 18.9 Å². The maximum absolute atomic E-state index is 6.33. The molecule has 5 heteroatoms. The molecule has 1 unspecified atom stereocenters. The van der Waals surface area contributed by atoms with Gasteiger partial charge in [-0.3, -0.25) is 4.90 Å². The molecule has 4 rings (SSSR count). The molecule has 2 aliphatic rings. The van der Waals surface area contributed by atoms with Gasteiger partial charge in [0.05, 0.1) is 20.8 Å². The minimum atomic E-state index is 0.629. The Morgan fingerprint density at radius 1 is 0.969 bits per heavy atom. The highest BCUT2D eigenvalue weighted by molar-refractivity contribution is 5.75. The molecule has 174 valence electrons. The number of ether oxygens (including phenoxy) is 4. The number of para-hydroxylation sites is 1. The van der Waals surface area contributed by atoms with Gasteiger partial charge >= 0.3 is 0 Å². The van der Waals surface area contributed by atoms with Crippen LogP contribution in [0.5, 0.6) is 17.2 Å². The maximum atomic E-state index is 6.33. The number of likely N-dealkylation sites (tertiary alicyclic amines) is 1. The maximum Gasteiger partial charge on any atom is 0.168 e. The molecule has 0 aromatic heterocycles. The molecule has 0 radical (unpaired) electrons. The Kier molecular flexibility index (Phi) is 8.30. The van der Waals surface area contributed by atoms with Gasteiger partial charge in [0.25, 0.3) is 0 Å². The molecule has 0 saturated carbocycles. The molecule has 0 aliphatic carbocycles. The molecule has 1 atom stereocenters. The van der Waals surface area contributed by atoms with E-state index in [9.17, 15) is 0 Å². The van der Waals surface area contributed by atoms with Crippen LogP contribution < -0.4 is 14.2 Å². The number of hydrogen-bond donors (Lipinski definition) is 0. The zero-order valence-electron chi connectivity index (χ0n) is 19.6. The molecular weight excluding hydrogens is 402 g/mol. The highest BCUT2D eigenvalue weighted by Gasteiger charge is 2.18. The summed E-state index contributed by atoms with van der Waals surface area (Å²) in [6.07, 6.45) is 7.43. The second-order valence-corrected chi connectivity index (χ2v) is 8.92. The lowest BCUT2D eigenvalue weighted by molar-refractivity contribution is 0.177. The first-order chi connectivity index (χ1) is 15.8. The molecule has 2 aromatic rings. The fourth-order valence-corrected chi connectivity index (χ4v) is 4.81. The number of rotatable bonds is 9. The van der Waals surface area contributed by atoms with Crippen molar-refractivity contribution in [3.05, 3.63) is 42.0 Å². The van der Waals surface area contributed by atoms with Crippen molar-refractivity contribution in [2.45, 2.75) is 45.1 Å². The van der Waals surface area contributed by atoms with Crippen molar-refractivity contribution in [1.29, 1.82) is 0 Å². The fourth-order valence-electron chi connectivity index (χ4n) is 4.81. The molecule has 0 bridgehead atoms. The molecule has 32 heavy (non-hydrogen) atoms. The van der Waals surface area contributed by atoms with Crippen LogP contribution in [0.4, 0.5) is 0 Å². The minimum absolute atomic E-state index is 0.629. The van der Waals surface area contributed by atoms with Crippen LogP contribution in [-0.2, 0) is 11.3 Å². The molecule has 0 spiro atoms. The van der Waals surface area contributed by atoms with Gasteiger partial charge in [0.2, 0.25) is 0 Å². The van der Waals surface area contributed by atoms with Gasteiger partial charge in [-0.1, -0.05) is 31.0 Å². The summed E-state index contributed by atoms with van der Waals surface area (Å²) < 4.78 is 23.1. The summed E-state index contributed by atoms with van der Waals surface area (Å²) in [4.78, 5) is 2.58. The predicted octanol–water partition coefficient (Wildman–Crippen LogP) is 5.55. The molecule has 2 saturated heterocycles. The van der Waals surface area contributed by atoms with E-state index in [1.807, 2.05) is 12.1 Å². The van der Waals surface area contributed by atoms with Gasteiger partial charge in [-0.2, -0.15) is 0 Å². The van der Waals surface area contributed by atoms with E-state index in [-0.39, 0.29) is 0 Å². The Balaban J connectivity index is 1.58. The van der Waals surface area contributed by atoms with Gasteiger partial charge in [0, 0.05) is 30.9 Å². The van der Waals surface area contributed by atoms with Crippen LogP contribution in [0.2, 0.25) is 0 Å². The lowest BCUT2D eigenvalue weighted by Gasteiger charge is -2.23. The first-order valence-corrected chi connectivity index (χ1v) is 12.1. The summed E-state index contributed by atoms with van der Waals surface area (Å²) in [5, 5.41) is 0. The van der Waals surface area contributed by atoms with Crippen LogP contribution in [0.1, 0.15) is 44.1 Å². The Hall–Kier alpha value is -2.24. The Morgan fingerprint density at radius 2 is 1.81 bits per heavy atom. The summed E-state index contributed by atoms with van der Waals surface area (Å²) in [7, 11) is 3.38. The molecule has 0 amide bonds. The number of methoxy groups -OCH3 is 2. The average molecular weight is 440 g/mol. The van der Waals surface area contributed by atoms with Crippen molar-refractivity contribution in [3.8, 4) is 28.4 Å². The first-order valence-electron chi connectivity index (χ1n) is 12.1. The van der Waals surface area contributed by atoms with Crippen molar-refractivity contribution in [3.63, 3.8) is 0 Å². The number of benzene rings is 2. The van der Waals surface area contributed by atoms with Crippen molar-refractivity contribution in [2.75, 3.05) is 47.1 Å². The molecule has 2 aromatic carbocycles. The first kappa shape index (κ1) is 22.9. The van der Waals surface area contributed by atoms with Gasteiger partial charge in [0.1, 0.15) is 5.75 Å². The molecule has 2 heterocycles.